The van der Waals surface area contributed by atoms with Gasteiger partial charge in [-0.15, -0.1) is 0 Å². The van der Waals surface area contributed by atoms with Crippen molar-refractivity contribution in [3.63, 3.8) is 0 Å². The van der Waals surface area contributed by atoms with Gasteiger partial charge in [0.15, 0.2) is 0 Å². The highest BCUT2D eigenvalue weighted by Crippen LogP contribution is 2.31. The van der Waals surface area contributed by atoms with Crippen LogP contribution in [0.5, 0.6) is 0 Å². The molecular formula is C18H18F3N3O5S. The molecule has 8 nitrogen and oxygen atoms in total. The normalized spacial score (nSPS) is 12.8. The fraction of sp³-hybridized carbons (Fsp3) is 0.278. The molecule has 0 heterocycles. The van der Waals surface area contributed by atoms with Crippen LogP contribution >= 0.6 is 0 Å². The second-order valence-corrected chi connectivity index (χ2v) is 8.19. The standard InChI is InChI=1S/C18H18F3N3O5S/c1-3-16(17(25)22-13-7-4-6-12(10-13)18(19,20)21)23(30(2,28)29)14-8-5-9-15(11-14)24(26)27/h4-11,16H,3H2,1-2H3,(H,22,25). The van der Waals surface area contributed by atoms with Crippen LogP contribution in [-0.4, -0.2) is 31.5 Å². The molecule has 0 aliphatic carbocycles. The van der Waals surface area contributed by atoms with Crippen molar-refractivity contribution >= 4 is 33.0 Å². The topological polar surface area (TPSA) is 110 Å². The SMILES string of the molecule is CCC(C(=O)Nc1cccc(C(F)(F)F)c1)N(c1cccc([N+](=O)[O-])c1)S(C)(=O)=O. The minimum Gasteiger partial charge on any atom is -0.324 e. The lowest BCUT2D eigenvalue weighted by Crippen LogP contribution is -2.47. The summed E-state index contributed by atoms with van der Waals surface area (Å²) in [4.78, 5) is 23.1. The summed E-state index contributed by atoms with van der Waals surface area (Å²) >= 11 is 0. The lowest BCUT2D eigenvalue weighted by atomic mass is 10.1. The number of nitrogens with zero attached hydrogens (tertiary/aromatic N) is 2. The molecule has 30 heavy (non-hydrogen) atoms. The highest BCUT2D eigenvalue weighted by atomic mass is 32.2. The Labute approximate surface area is 170 Å². The molecule has 0 radical (unpaired) electrons. The van der Waals surface area contributed by atoms with Crippen molar-refractivity contribution in [2.75, 3.05) is 15.9 Å². The summed E-state index contributed by atoms with van der Waals surface area (Å²) in [5.41, 5.74) is -1.64. The second-order valence-electron chi connectivity index (χ2n) is 6.33. The van der Waals surface area contributed by atoms with E-state index in [1.165, 1.54) is 25.1 Å². The number of anilines is 2. The van der Waals surface area contributed by atoms with Crippen molar-refractivity contribution in [3.05, 3.63) is 64.2 Å². The maximum Gasteiger partial charge on any atom is 0.416 e. The van der Waals surface area contributed by atoms with E-state index in [1.807, 2.05) is 0 Å². The summed E-state index contributed by atoms with van der Waals surface area (Å²) in [7, 11) is -4.07. The molecule has 2 rings (SSSR count). The molecule has 0 aliphatic heterocycles. The summed E-state index contributed by atoms with van der Waals surface area (Å²) in [6, 6.07) is 7.26. The molecule has 2 aromatic rings. The molecule has 0 fully saturated rings. The smallest absolute Gasteiger partial charge is 0.324 e. The van der Waals surface area contributed by atoms with Gasteiger partial charge in [0.2, 0.25) is 15.9 Å². The Kier molecular flexibility index (Phi) is 6.70. The fourth-order valence-corrected chi connectivity index (χ4v) is 4.01. The van der Waals surface area contributed by atoms with Gasteiger partial charge in [-0.25, -0.2) is 8.42 Å². The third-order valence-electron chi connectivity index (χ3n) is 4.08. The molecule has 12 heteroatoms. The Morgan fingerprint density at radius 2 is 1.83 bits per heavy atom. The van der Waals surface area contributed by atoms with E-state index in [9.17, 15) is 36.5 Å². The predicted molar refractivity (Wildman–Crippen MR) is 105 cm³/mol. The Bertz CT molecular complexity index is 1060. The van der Waals surface area contributed by atoms with Crippen molar-refractivity contribution in [2.45, 2.75) is 25.6 Å². The average Bonchev–Trinajstić information content (AvgIpc) is 2.64. The molecule has 0 aliphatic rings. The van der Waals surface area contributed by atoms with Crippen LogP contribution < -0.4 is 9.62 Å². The Morgan fingerprint density at radius 1 is 1.20 bits per heavy atom. The number of nitro groups is 1. The van der Waals surface area contributed by atoms with Crippen LogP contribution in [0.3, 0.4) is 0 Å². The van der Waals surface area contributed by atoms with Crippen LogP contribution in [0.4, 0.5) is 30.2 Å². The summed E-state index contributed by atoms with van der Waals surface area (Å²) in [5.74, 6) is -0.881. The molecule has 1 atom stereocenters. The van der Waals surface area contributed by atoms with Gasteiger partial charge in [0.25, 0.3) is 5.69 Å². The van der Waals surface area contributed by atoms with Gasteiger partial charge >= 0.3 is 6.18 Å². The van der Waals surface area contributed by atoms with Crippen LogP contribution in [0.1, 0.15) is 18.9 Å². The molecule has 0 saturated carbocycles. The van der Waals surface area contributed by atoms with Crippen LogP contribution in [-0.2, 0) is 21.0 Å². The Hall–Kier alpha value is -3.15. The first-order valence-electron chi connectivity index (χ1n) is 8.56. The van der Waals surface area contributed by atoms with Gasteiger partial charge in [-0.05, 0) is 30.7 Å². The molecule has 1 unspecified atom stereocenters. The number of hydrogen-bond donors (Lipinski definition) is 1. The van der Waals surface area contributed by atoms with E-state index in [0.29, 0.717) is 4.31 Å². The first-order valence-corrected chi connectivity index (χ1v) is 10.4. The van der Waals surface area contributed by atoms with E-state index in [0.717, 1.165) is 36.6 Å². The summed E-state index contributed by atoms with van der Waals surface area (Å²) in [6.45, 7) is 1.51. The van der Waals surface area contributed by atoms with Crippen molar-refractivity contribution in [1.29, 1.82) is 0 Å². The molecule has 0 spiro atoms. The molecule has 2 aromatic carbocycles. The summed E-state index contributed by atoms with van der Waals surface area (Å²) in [6.07, 6.45) is -3.83. The van der Waals surface area contributed by atoms with Crippen LogP contribution in [0, 0.1) is 10.1 Å². The number of non-ortho nitro benzene ring substituents is 1. The lowest BCUT2D eigenvalue weighted by Gasteiger charge is -2.30. The van der Waals surface area contributed by atoms with Crippen LogP contribution in [0.25, 0.3) is 0 Å². The number of carbonyl (C=O) groups is 1. The number of nitrogens with one attached hydrogen (secondary N) is 1. The van der Waals surface area contributed by atoms with E-state index < -0.39 is 38.6 Å². The maximum absolute atomic E-state index is 12.9. The number of amides is 1. The minimum atomic E-state index is -4.62. The third-order valence-corrected chi connectivity index (χ3v) is 5.26. The summed E-state index contributed by atoms with van der Waals surface area (Å²) < 4.78 is 64.1. The number of rotatable bonds is 7. The zero-order chi connectivity index (χ0) is 22.7. The van der Waals surface area contributed by atoms with E-state index >= 15 is 0 Å². The van der Waals surface area contributed by atoms with Gasteiger partial charge in [-0.2, -0.15) is 13.2 Å². The fourth-order valence-electron chi connectivity index (χ4n) is 2.80. The Morgan fingerprint density at radius 3 is 2.37 bits per heavy atom. The van der Waals surface area contributed by atoms with Gasteiger partial charge < -0.3 is 5.32 Å². The lowest BCUT2D eigenvalue weighted by molar-refractivity contribution is -0.384. The molecule has 1 N–H and O–H groups in total. The van der Waals surface area contributed by atoms with Crippen molar-refractivity contribution < 1.29 is 31.3 Å². The molecule has 0 bridgehead atoms. The maximum atomic E-state index is 12.9. The molecule has 1 amide bonds. The van der Waals surface area contributed by atoms with Crippen LogP contribution in [0.2, 0.25) is 0 Å². The van der Waals surface area contributed by atoms with Gasteiger partial charge in [0.05, 0.1) is 22.4 Å². The first kappa shape index (κ1) is 23.1. The minimum absolute atomic E-state index is 0.0411. The molecule has 162 valence electrons. The molecular weight excluding hydrogens is 427 g/mol. The summed E-state index contributed by atoms with van der Waals surface area (Å²) in [5, 5.41) is 13.3. The zero-order valence-electron chi connectivity index (χ0n) is 15.9. The number of sulfonamides is 1. The van der Waals surface area contributed by atoms with Crippen LogP contribution in [0.15, 0.2) is 48.5 Å². The van der Waals surface area contributed by atoms with E-state index in [-0.39, 0.29) is 23.5 Å². The Balaban J connectivity index is 2.42. The van der Waals surface area contributed by atoms with E-state index in [1.54, 1.807) is 0 Å². The van der Waals surface area contributed by atoms with Crippen molar-refractivity contribution in [3.8, 4) is 0 Å². The number of benzene rings is 2. The first-order chi connectivity index (χ1) is 13.8. The highest BCUT2D eigenvalue weighted by Gasteiger charge is 2.33. The predicted octanol–water partition coefficient (Wildman–Crippen LogP) is 3.80. The highest BCUT2D eigenvalue weighted by molar-refractivity contribution is 7.92. The number of nitro benzene ring substituents is 1. The molecule has 0 saturated heterocycles. The zero-order valence-corrected chi connectivity index (χ0v) is 16.7. The number of carbonyl (C=O) groups excluding carboxylic acids is 1. The van der Waals surface area contributed by atoms with Gasteiger partial charge in [0, 0.05) is 17.8 Å². The number of alkyl halides is 3. The number of halogens is 3. The average molecular weight is 445 g/mol. The second kappa shape index (κ2) is 8.69. The third kappa shape index (κ3) is 5.47. The number of hydrogen-bond acceptors (Lipinski definition) is 5. The molecule has 0 aromatic heterocycles. The monoisotopic (exact) mass is 445 g/mol. The van der Waals surface area contributed by atoms with Gasteiger partial charge in [-0.3, -0.25) is 19.2 Å². The van der Waals surface area contributed by atoms with E-state index in [2.05, 4.69) is 5.32 Å². The quantitative estimate of drug-likeness (QED) is 0.515. The van der Waals surface area contributed by atoms with Gasteiger partial charge in [-0.1, -0.05) is 19.1 Å². The van der Waals surface area contributed by atoms with E-state index in [4.69, 9.17) is 0 Å². The van der Waals surface area contributed by atoms with Gasteiger partial charge in [0.1, 0.15) is 6.04 Å². The van der Waals surface area contributed by atoms with Crippen molar-refractivity contribution in [1.82, 2.24) is 0 Å². The van der Waals surface area contributed by atoms with Crippen molar-refractivity contribution in [2.24, 2.45) is 0 Å². The largest absolute Gasteiger partial charge is 0.416 e.